The highest BCUT2D eigenvalue weighted by Gasteiger charge is 2.04. The van der Waals surface area contributed by atoms with E-state index in [1.807, 2.05) is 54.6 Å². The number of hydrogen-bond acceptors (Lipinski definition) is 2. The van der Waals surface area contributed by atoms with Gasteiger partial charge in [-0.3, -0.25) is 4.79 Å². The summed E-state index contributed by atoms with van der Waals surface area (Å²) in [7, 11) is 0. The van der Waals surface area contributed by atoms with Gasteiger partial charge >= 0.3 is 0 Å². The maximum atomic E-state index is 11.8. The Morgan fingerprint density at radius 2 is 1.84 bits per heavy atom. The molecule has 0 bridgehead atoms. The SMILES string of the molecule is O=C(CCOc1ccccc1)Cc1cccc(Br)c1. The van der Waals surface area contributed by atoms with Gasteiger partial charge in [0, 0.05) is 17.3 Å². The highest BCUT2D eigenvalue weighted by molar-refractivity contribution is 9.10. The molecule has 0 aliphatic rings. The van der Waals surface area contributed by atoms with E-state index in [4.69, 9.17) is 4.74 Å². The van der Waals surface area contributed by atoms with Crippen molar-refractivity contribution >= 4 is 21.7 Å². The summed E-state index contributed by atoms with van der Waals surface area (Å²) in [6.45, 7) is 0.427. The molecule has 0 amide bonds. The van der Waals surface area contributed by atoms with Crippen molar-refractivity contribution in [3.05, 3.63) is 64.6 Å². The summed E-state index contributed by atoms with van der Waals surface area (Å²) >= 11 is 3.40. The number of Topliss-reactive ketones (excluding diaryl/α,β-unsaturated/α-hetero) is 1. The molecule has 19 heavy (non-hydrogen) atoms. The van der Waals surface area contributed by atoms with Gasteiger partial charge < -0.3 is 4.74 Å². The smallest absolute Gasteiger partial charge is 0.140 e. The summed E-state index contributed by atoms with van der Waals surface area (Å²) in [5, 5.41) is 0. The van der Waals surface area contributed by atoms with E-state index in [1.165, 1.54) is 0 Å². The topological polar surface area (TPSA) is 26.3 Å². The third kappa shape index (κ3) is 4.87. The lowest BCUT2D eigenvalue weighted by molar-refractivity contribution is -0.118. The van der Waals surface area contributed by atoms with E-state index in [1.54, 1.807) is 0 Å². The summed E-state index contributed by atoms with van der Waals surface area (Å²) in [6.07, 6.45) is 0.888. The Morgan fingerprint density at radius 3 is 2.58 bits per heavy atom. The van der Waals surface area contributed by atoms with Crippen LogP contribution in [0.15, 0.2) is 59.1 Å². The van der Waals surface area contributed by atoms with E-state index in [0.717, 1.165) is 15.8 Å². The van der Waals surface area contributed by atoms with Crippen LogP contribution in [-0.2, 0) is 11.2 Å². The normalized spacial score (nSPS) is 10.2. The minimum atomic E-state index is 0.189. The van der Waals surface area contributed by atoms with E-state index in [-0.39, 0.29) is 5.78 Å². The standard InChI is InChI=1S/C16H15BrO2/c17-14-6-4-5-13(11-14)12-15(18)9-10-19-16-7-2-1-3-8-16/h1-8,11H,9-10,12H2. The number of ketones is 1. The molecule has 2 aromatic rings. The van der Waals surface area contributed by atoms with Gasteiger partial charge in [-0.1, -0.05) is 46.3 Å². The van der Waals surface area contributed by atoms with Crippen LogP contribution >= 0.6 is 15.9 Å². The monoisotopic (exact) mass is 318 g/mol. The Hall–Kier alpha value is -1.61. The second kappa shape index (κ2) is 7.10. The molecule has 98 valence electrons. The van der Waals surface area contributed by atoms with Crippen LogP contribution in [0.2, 0.25) is 0 Å². The van der Waals surface area contributed by atoms with Crippen molar-refractivity contribution < 1.29 is 9.53 Å². The van der Waals surface area contributed by atoms with Crippen molar-refractivity contribution in [2.24, 2.45) is 0 Å². The molecule has 0 spiro atoms. The van der Waals surface area contributed by atoms with Crippen LogP contribution in [0.4, 0.5) is 0 Å². The fourth-order valence-corrected chi connectivity index (χ4v) is 2.21. The number of hydrogen-bond donors (Lipinski definition) is 0. The van der Waals surface area contributed by atoms with Crippen molar-refractivity contribution in [1.29, 1.82) is 0 Å². The molecule has 0 atom stereocenters. The molecule has 2 aromatic carbocycles. The number of benzene rings is 2. The van der Waals surface area contributed by atoms with E-state index in [2.05, 4.69) is 15.9 Å². The van der Waals surface area contributed by atoms with Crippen molar-refractivity contribution in [1.82, 2.24) is 0 Å². The Bertz CT molecular complexity index is 537. The van der Waals surface area contributed by atoms with Gasteiger partial charge in [-0.25, -0.2) is 0 Å². The predicted octanol–water partition coefficient (Wildman–Crippen LogP) is 4.03. The van der Waals surface area contributed by atoms with Gasteiger partial charge in [-0.2, -0.15) is 0 Å². The molecule has 3 heteroatoms. The Labute approximate surface area is 121 Å². The number of carbonyl (C=O) groups excluding carboxylic acids is 1. The molecule has 0 saturated heterocycles. The van der Waals surface area contributed by atoms with Crippen LogP contribution in [-0.4, -0.2) is 12.4 Å². The van der Waals surface area contributed by atoms with Crippen LogP contribution < -0.4 is 4.74 Å². The Morgan fingerprint density at radius 1 is 1.05 bits per heavy atom. The fourth-order valence-electron chi connectivity index (χ4n) is 1.76. The molecule has 0 unspecified atom stereocenters. The largest absolute Gasteiger partial charge is 0.493 e. The predicted molar refractivity (Wildman–Crippen MR) is 79.4 cm³/mol. The lowest BCUT2D eigenvalue weighted by Gasteiger charge is -2.05. The van der Waals surface area contributed by atoms with Gasteiger partial charge in [0.1, 0.15) is 11.5 Å². The van der Waals surface area contributed by atoms with Gasteiger partial charge in [0.05, 0.1) is 6.61 Å². The zero-order valence-corrected chi connectivity index (χ0v) is 12.1. The minimum Gasteiger partial charge on any atom is -0.493 e. The van der Waals surface area contributed by atoms with Crippen molar-refractivity contribution in [3.63, 3.8) is 0 Å². The highest BCUT2D eigenvalue weighted by atomic mass is 79.9. The average Bonchev–Trinajstić information content (AvgIpc) is 2.40. The van der Waals surface area contributed by atoms with Crippen LogP contribution in [0, 0.1) is 0 Å². The number of ether oxygens (including phenoxy) is 1. The second-order valence-electron chi connectivity index (χ2n) is 4.26. The van der Waals surface area contributed by atoms with Crippen molar-refractivity contribution in [3.8, 4) is 5.75 Å². The van der Waals surface area contributed by atoms with Gasteiger partial charge in [0.25, 0.3) is 0 Å². The number of carbonyl (C=O) groups is 1. The van der Waals surface area contributed by atoms with Gasteiger partial charge in [0.2, 0.25) is 0 Å². The molecule has 0 aromatic heterocycles. The summed E-state index contributed by atoms with van der Waals surface area (Å²) in [5.74, 6) is 0.992. The Balaban J connectivity index is 1.76. The molecule has 0 fully saturated rings. The van der Waals surface area contributed by atoms with Crippen LogP contribution in [0.25, 0.3) is 0 Å². The third-order valence-electron chi connectivity index (χ3n) is 2.68. The quantitative estimate of drug-likeness (QED) is 0.803. The first-order chi connectivity index (χ1) is 9.24. The van der Waals surface area contributed by atoms with E-state index in [0.29, 0.717) is 19.4 Å². The first kappa shape index (κ1) is 13.8. The number of para-hydroxylation sites is 1. The molecule has 0 radical (unpaired) electrons. The zero-order valence-electron chi connectivity index (χ0n) is 10.5. The molecule has 0 aliphatic heterocycles. The van der Waals surface area contributed by atoms with Gasteiger partial charge in [-0.15, -0.1) is 0 Å². The fraction of sp³-hybridized carbons (Fsp3) is 0.188. The summed E-state index contributed by atoms with van der Waals surface area (Å²) < 4.78 is 6.51. The van der Waals surface area contributed by atoms with Crippen LogP contribution in [0.5, 0.6) is 5.75 Å². The van der Waals surface area contributed by atoms with E-state index in [9.17, 15) is 4.79 Å². The van der Waals surface area contributed by atoms with Crippen LogP contribution in [0.1, 0.15) is 12.0 Å². The summed E-state index contributed by atoms with van der Waals surface area (Å²) in [4.78, 5) is 11.8. The molecule has 2 rings (SSSR count). The molecule has 0 heterocycles. The van der Waals surface area contributed by atoms with Crippen molar-refractivity contribution in [2.45, 2.75) is 12.8 Å². The molecular formula is C16H15BrO2. The van der Waals surface area contributed by atoms with Crippen LogP contribution in [0.3, 0.4) is 0 Å². The number of halogens is 1. The van der Waals surface area contributed by atoms with Crippen molar-refractivity contribution in [2.75, 3.05) is 6.61 Å². The lowest BCUT2D eigenvalue weighted by Crippen LogP contribution is -2.08. The minimum absolute atomic E-state index is 0.189. The van der Waals surface area contributed by atoms with E-state index < -0.39 is 0 Å². The summed E-state index contributed by atoms with van der Waals surface area (Å²) in [6, 6.07) is 17.4. The zero-order chi connectivity index (χ0) is 13.5. The first-order valence-corrected chi connectivity index (χ1v) is 6.97. The van der Waals surface area contributed by atoms with E-state index >= 15 is 0 Å². The maximum Gasteiger partial charge on any atom is 0.140 e. The molecular weight excluding hydrogens is 304 g/mol. The second-order valence-corrected chi connectivity index (χ2v) is 5.17. The Kier molecular flexibility index (Phi) is 5.16. The van der Waals surface area contributed by atoms with Gasteiger partial charge in [-0.05, 0) is 29.8 Å². The molecule has 2 nitrogen and oxygen atoms in total. The molecule has 0 saturated carbocycles. The van der Waals surface area contributed by atoms with Gasteiger partial charge in [0.15, 0.2) is 0 Å². The maximum absolute atomic E-state index is 11.8. The molecule has 0 aliphatic carbocycles. The third-order valence-corrected chi connectivity index (χ3v) is 3.18. The number of rotatable bonds is 6. The molecule has 0 N–H and O–H groups in total. The first-order valence-electron chi connectivity index (χ1n) is 6.18. The average molecular weight is 319 g/mol. The summed E-state index contributed by atoms with van der Waals surface area (Å²) in [5.41, 5.74) is 1.03. The lowest BCUT2D eigenvalue weighted by atomic mass is 10.1. The highest BCUT2D eigenvalue weighted by Crippen LogP contribution is 2.13.